The lowest BCUT2D eigenvalue weighted by Crippen LogP contribution is -2.43. The Balaban J connectivity index is 2.51. The highest BCUT2D eigenvalue weighted by atomic mass is 16.4. The maximum Gasteiger partial charge on any atom is 0.304 e. The van der Waals surface area contributed by atoms with E-state index in [0.717, 1.165) is 58.2 Å². The van der Waals surface area contributed by atoms with Crippen molar-refractivity contribution in [1.82, 2.24) is 9.80 Å². The van der Waals surface area contributed by atoms with Crippen molar-refractivity contribution in [1.29, 1.82) is 0 Å². The number of carboxylic acid groups (broad SMARTS) is 1. The van der Waals surface area contributed by atoms with Crippen molar-refractivity contribution < 1.29 is 14.7 Å². The molecule has 1 N–H and O–H groups in total. The minimum atomic E-state index is -0.770. The number of amides is 1. The summed E-state index contributed by atoms with van der Waals surface area (Å²) in [6.45, 7) is 7.14. The fourth-order valence-corrected chi connectivity index (χ4v) is 2.87. The molecule has 5 nitrogen and oxygen atoms in total. The number of likely N-dealkylation sites (tertiary alicyclic amines) is 1. The zero-order valence-electron chi connectivity index (χ0n) is 13.5. The Hall–Kier alpha value is -1.10. The molecule has 0 aromatic carbocycles. The van der Waals surface area contributed by atoms with Crippen LogP contribution in [0.2, 0.25) is 0 Å². The third-order valence-corrected chi connectivity index (χ3v) is 4.16. The van der Waals surface area contributed by atoms with Crippen LogP contribution in [-0.4, -0.2) is 59.0 Å². The molecule has 5 heteroatoms. The number of aliphatic carboxylic acids is 1. The molecule has 0 radical (unpaired) electrons. The molecule has 1 atom stereocenters. The van der Waals surface area contributed by atoms with Crippen LogP contribution in [0.3, 0.4) is 0 Å². The Labute approximate surface area is 128 Å². The standard InChI is InChI=1S/C16H30N2O3/c1-3-5-9-17(10-6-4-2)15(19)13-18-11-7-8-14(18)12-16(20)21/h14H,3-13H2,1-2H3,(H,20,21). The molecule has 21 heavy (non-hydrogen) atoms. The van der Waals surface area contributed by atoms with Crippen molar-refractivity contribution in [2.24, 2.45) is 0 Å². The van der Waals surface area contributed by atoms with Gasteiger partial charge in [0.2, 0.25) is 5.91 Å². The van der Waals surface area contributed by atoms with E-state index in [9.17, 15) is 9.59 Å². The van der Waals surface area contributed by atoms with Crippen LogP contribution in [0, 0.1) is 0 Å². The Morgan fingerprint density at radius 1 is 1.19 bits per heavy atom. The number of rotatable bonds is 10. The highest BCUT2D eigenvalue weighted by Gasteiger charge is 2.29. The zero-order chi connectivity index (χ0) is 15.7. The Bertz CT molecular complexity index is 325. The van der Waals surface area contributed by atoms with Crippen LogP contribution in [0.5, 0.6) is 0 Å². The first kappa shape index (κ1) is 18.0. The van der Waals surface area contributed by atoms with Gasteiger partial charge in [0.25, 0.3) is 0 Å². The second-order valence-electron chi connectivity index (χ2n) is 5.95. The van der Waals surface area contributed by atoms with E-state index in [0.29, 0.717) is 6.54 Å². The summed E-state index contributed by atoms with van der Waals surface area (Å²) in [5.74, 6) is -0.609. The van der Waals surface area contributed by atoms with Gasteiger partial charge in [-0.25, -0.2) is 0 Å². The van der Waals surface area contributed by atoms with Crippen LogP contribution in [-0.2, 0) is 9.59 Å². The molecule has 0 aromatic rings. The molecule has 0 saturated carbocycles. The van der Waals surface area contributed by atoms with E-state index in [1.165, 1.54) is 0 Å². The first-order chi connectivity index (χ1) is 10.1. The van der Waals surface area contributed by atoms with Crippen molar-refractivity contribution in [3.63, 3.8) is 0 Å². The van der Waals surface area contributed by atoms with Crippen LogP contribution >= 0.6 is 0 Å². The average molecular weight is 298 g/mol. The minimum absolute atomic E-state index is 0.0330. The van der Waals surface area contributed by atoms with Crippen LogP contribution in [0.1, 0.15) is 58.8 Å². The second-order valence-corrected chi connectivity index (χ2v) is 5.95. The fraction of sp³-hybridized carbons (Fsp3) is 0.875. The van der Waals surface area contributed by atoms with Crippen molar-refractivity contribution in [2.45, 2.75) is 64.8 Å². The van der Waals surface area contributed by atoms with Gasteiger partial charge in [-0.05, 0) is 32.2 Å². The van der Waals surface area contributed by atoms with Crippen LogP contribution in [0.15, 0.2) is 0 Å². The molecule has 1 heterocycles. The van der Waals surface area contributed by atoms with Gasteiger partial charge in [0, 0.05) is 19.1 Å². The number of carbonyl (C=O) groups is 2. The summed E-state index contributed by atoms with van der Waals surface area (Å²) in [5, 5.41) is 8.95. The molecule has 0 aromatic heterocycles. The smallest absolute Gasteiger partial charge is 0.304 e. The third-order valence-electron chi connectivity index (χ3n) is 4.16. The average Bonchev–Trinajstić information content (AvgIpc) is 2.85. The van der Waals surface area contributed by atoms with Gasteiger partial charge in [0.05, 0.1) is 13.0 Å². The van der Waals surface area contributed by atoms with Gasteiger partial charge >= 0.3 is 5.97 Å². The van der Waals surface area contributed by atoms with Gasteiger partial charge in [0.1, 0.15) is 0 Å². The number of hydrogen-bond donors (Lipinski definition) is 1. The van der Waals surface area contributed by atoms with E-state index in [2.05, 4.69) is 18.7 Å². The van der Waals surface area contributed by atoms with Gasteiger partial charge < -0.3 is 10.0 Å². The summed E-state index contributed by atoms with van der Waals surface area (Å²) in [6.07, 6.45) is 6.28. The molecule has 1 unspecified atom stereocenters. The summed E-state index contributed by atoms with van der Waals surface area (Å²) >= 11 is 0. The van der Waals surface area contributed by atoms with E-state index >= 15 is 0 Å². The summed E-state index contributed by atoms with van der Waals surface area (Å²) in [7, 11) is 0. The second kappa shape index (κ2) is 9.77. The van der Waals surface area contributed by atoms with Crippen molar-refractivity contribution in [3.05, 3.63) is 0 Å². The Morgan fingerprint density at radius 2 is 1.81 bits per heavy atom. The van der Waals surface area contributed by atoms with Crippen LogP contribution < -0.4 is 0 Å². The van der Waals surface area contributed by atoms with Crippen molar-refractivity contribution in [3.8, 4) is 0 Å². The zero-order valence-corrected chi connectivity index (χ0v) is 13.5. The fourth-order valence-electron chi connectivity index (χ4n) is 2.87. The Morgan fingerprint density at radius 3 is 2.33 bits per heavy atom. The molecule has 1 aliphatic heterocycles. The van der Waals surface area contributed by atoms with E-state index in [1.807, 2.05) is 4.90 Å². The molecule has 122 valence electrons. The molecule has 1 aliphatic rings. The summed E-state index contributed by atoms with van der Waals surface area (Å²) in [6, 6.07) is 0.0330. The van der Waals surface area contributed by atoms with Crippen molar-refractivity contribution >= 4 is 11.9 Å². The predicted molar refractivity (Wildman–Crippen MR) is 83.2 cm³/mol. The van der Waals surface area contributed by atoms with Gasteiger partial charge in [-0.1, -0.05) is 26.7 Å². The van der Waals surface area contributed by atoms with Gasteiger partial charge in [-0.2, -0.15) is 0 Å². The minimum Gasteiger partial charge on any atom is -0.481 e. The summed E-state index contributed by atoms with van der Waals surface area (Å²) in [5.41, 5.74) is 0. The first-order valence-corrected chi connectivity index (χ1v) is 8.32. The highest BCUT2D eigenvalue weighted by molar-refractivity contribution is 5.78. The number of unbranched alkanes of at least 4 members (excludes halogenated alkanes) is 2. The quantitative estimate of drug-likeness (QED) is 0.672. The number of hydrogen-bond acceptors (Lipinski definition) is 3. The molecule has 0 spiro atoms. The highest BCUT2D eigenvalue weighted by Crippen LogP contribution is 2.20. The molecular formula is C16H30N2O3. The van der Waals surface area contributed by atoms with Crippen LogP contribution in [0.4, 0.5) is 0 Å². The summed E-state index contributed by atoms with van der Waals surface area (Å²) in [4.78, 5) is 27.4. The van der Waals surface area contributed by atoms with Gasteiger partial charge in [-0.3, -0.25) is 14.5 Å². The van der Waals surface area contributed by atoms with Gasteiger partial charge in [0.15, 0.2) is 0 Å². The van der Waals surface area contributed by atoms with E-state index < -0.39 is 5.97 Å². The molecule has 0 aliphatic carbocycles. The lowest BCUT2D eigenvalue weighted by Gasteiger charge is -2.28. The maximum atomic E-state index is 12.5. The molecule has 1 saturated heterocycles. The predicted octanol–water partition coefficient (Wildman–Crippen LogP) is 2.35. The lowest BCUT2D eigenvalue weighted by molar-refractivity contribution is -0.139. The van der Waals surface area contributed by atoms with Crippen molar-refractivity contribution in [2.75, 3.05) is 26.2 Å². The number of carbonyl (C=O) groups excluding carboxylic acids is 1. The van der Waals surface area contributed by atoms with E-state index in [-0.39, 0.29) is 18.4 Å². The van der Waals surface area contributed by atoms with E-state index in [1.54, 1.807) is 0 Å². The normalized spacial score (nSPS) is 18.9. The number of nitrogens with zero attached hydrogens (tertiary/aromatic N) is 2. The Kier molecular flexibility index (Phi) is 8.35. The molecular weight excluding hydrogens is 268 g/mol. The lowest BCUT2D eigenvalue weighted by atomic mass is 10.1. The largest absolute Gasteiger partial charge is 0.481 e. The molecule has 1 rings (SSSR count). The van der Waals surface area contributed by atoms with Crippen LogP contribution in [0.25, 0.3) is 0 Å². The SMILES string of the molecule is CCCCN(CCCC)C(=O)CN1CCCC1CC(=O)O. The summed E-state index contributed by atoms with van der Waals surface area (Å²) < 4.78 is 0. The molecule has 1 amide bonds. The molecule has 0 bridgehead atoms. The first-order valence-electron chi connectivity index (χ1n) is 8.32. The third kappa shape index (κ3) is 6.46. The number of carboxylic acids is 1. The maximum absolute atomic E-state index is 12.5. The van der Waals surface area contributed by atoms with E-state index in [4.69, 9.17) is 5.11 Å². The molecule has 1 fully saturated rings. The monoisotopic (exact) mass is 298 g/mol. The van der Waals surface area contributed by atoms with Gasteiger partial charge in [-0.15, -0.1) is 0 Å². The topological polar surface area (TPSA) is 60.9 Å².